The molecule has 0 saturated carbocycles. The molecular weight excluding hydrogens is 238 g/mol. The van der Waals surface area contributed by atoms with Crippen LogP contribution in [0.4, 0.5) is 11.4 Å². The Morgan fingerprint density at radius 3 is 2.79 bits per heavy atom. The van der Waals surface area contributed by atoms with Crippen LogP contribution in [0.25, 0.3) is 0 Å². The molecule has 1 amide bonds. The Hall–Kier alpha value is -1.55. The highest BCUT2D eigenvalue weighted by atomic mass is 16.2. The molecule has 1 aliphatic heterocycles. The zero-order valence-corrected chi connectivity index (χ0v) is 12.0. The first kappa shape index (κ1) is 13.9. The molecule has 4 heteroatoms. The van der Waals surface area contributed by atoms with Gasteiger partial charge in [-0.3, -0.25) is 4.79 Å². The molecule has 0 bridgehead atoms. The van der Waals surface area contributed by atoms with Gasteiger partial charge in [0.2, 0.25) is 5.91 Å². The van der Waals surface area contributed by atoms with Crippen LogP contribution in [-0.2, 0) is 10.2 Å². The minimum Gasteiger partial charge on any atom is -0.383 e. The molecule has 2 rings (SSSR count). The third-order valence-corrected chi connectivity index (χ3v) is 3.50. The molecule has 0 atom stereocenters. The van der Waals surface area contributed by atoms with E-state index >= 15 is 0 Å². The van der Waals surface area contributed by atoms with Gasteiger partial charge in [0.15, 0.2) is 0 Å². The van der Waals surface area contributed by atoms with E-state index < -0.39 is 0 Å². The van der Waals surface area contributed by atoms with Gasteiger partial charge >= 0.3 is 0 Å². The molecule has 0 saturated heterocycles. The average molecular weight is 261 g/mol. The van der Waals surface area contributed by atoms with Crippen LogP contribution >= 0.6 is 0 Å². The normalized spacial score (nSPS) is 15.5. The van der Waals surface area contributed by atoms with Crippen molar-refractivity contribution in [1.82, 2.24) is 0 Å². The predicted octanol–water partition coefficient (Wildman–Crippen LogP) is 2.09. The van der Waals surface area contributed by atoms with E-state index in [0.717, 1.165) is 30.9 Å². The Bertz CT molecular complexity index is 477. The monoisotopic (exact) mass is 261 g/mol. The maximum atomic E-state index is 12.0. The van der Waals surface area contributed by atoms with Crippen LogP contribution in [0, 0.1) is 0 Å². The maximum Gasteiger partial charge on any atom is 0.240 e. The van der Waals surface area contributed by atoms with Crippen molar-refractivity contribution in [3.63, 3.8) is 0 Å². The fourth-order valence-corrected chi connectivity index (χ4v) is 2.32. The van der Waals surface area contributed by atoms with Crippen LogP contribution in [0.2, 0.25) is 0 Å². The molecule has 0 radical (unpaired) electrons. The lowest BCUT2D eigenvalue weighted by molar-refractivity contribution is -0.117. The summed E-state index contributed by atoms with van der Waals surface area (Å²) in [5.74, 6) is -0.0176. The van der Waals surface area contributed by atoms with E-state index in [2.05, 4.69) is 44.3 Å². The van der Waals surface area contributed by atoms with Gasteiger partial charge in [0.1, 0.15) is 0 Å². The molecule has 1 aliphatic rings. The highest BCUT2D eigenvalue weighted by Gasteiger charge is 2.23. The summed E-state index contributed by atoms with van der Waals surface area (Å²) < 4.78 is 0. The first-order chi connectivity index (χ1) is 8.93. The quantitative estimate of drug-likeness (QED) is 0.814. The maximum absolute atomic E-state index is 12.0. The van der Waals surface area contributed by atoms with Crippen molar-refractivity contribution in [2.75, 3.05) is 29.9 Å². The zero-order valence-electron chi connectivity index (χ0n) is 12.0. The van der Waals surface area contributed by atoms with Crippen molar-refractivity contribution in [3.05, 3.63) is 23.8 Å². The summed E-state index contributed by atoms with van der Waals surface area (Å²) in [6.45, 7) is 8.19. The zero-order chi connectivity index (χ0) is 14.0. The van der Waals surface area contributed by atoms with Crippen LogP contribution in [-0.4, -0.2) is 25.5 Å². The van der Waals surface area contributed by atoms with E-state index in [0.29, 0.717) is 0 Å². The van der Waals surface area contributed by atoms with Crippen LogP contribution in [0.5, 0.6) is 0 Å². The number of carbonyl (C=O) groups is 1. The third-order valence-electron chi connectivity index (χ3n) is 3.50. The molecule has 4 nitrogen and oxygen atoms in total. The summed E-state index contributed by atoms with van der Waals surface area (Å²) in [7, 11) is 0. The van der Waals surface area contributed by atoms with E-state index in [4.69, 9.17) is 5.73 Å². The Morgan fingerprint density at radius 2 is 2.16 bits per heavy atom. The van der Waals surface area contributed by atoms with Gasteiger partial charge < -0.3 is 16.0 Å². The van der Waals surface area contributed by atoms with Crippen LogP contribution in [0.3, 0.4) is 0 Å². The van der Waals surface area contributed by atoms with E-state index in [1.54, 1.807) is 0 Å². The number of rotatable bonds is 1. The number of anilines is 2. The Balaban J connectivity index is 2.47. The Labute approximate surface area is 115 Å². The minimum atomic E-state index is -0.0176. The largest absolute Gasteiger partial charge is 0.383 e. The lowest BCUT2D eigenvalue weighted by Crippen LogP contribution is -2.36. The van der Waals surface area contributed by atoms with Crippen molar-refractivity contribution in [1.29, 1.82) is 0 Å². The van der Waals surface area contributed by atoms with Gasteiger partial charge in [0.05, 0.1) is 17.9 Å². The number of nitrogens with one attached hydrogen (secondary N) is 1. The van der Waals surface area contributed by atoms with Crippen molar-refractivity contribution in [2.45, 2.75) is 32.6 Å². The van der Waals surface area contributed by atoms with Crippen molar-refractivity contribution >= 4 is 17.3 Å². The lowest BCUT2D eigenvalue weighted by atomic mass is 9.86. The van der Waals surface area contributed by atoms with Gasteiger partial charge in [-0.15, -0.1) is 0 Å². The molecule has 3 N–H and O–H groups in total. The third kappa shape index (κ3) is 2.89. The number of nitrogens with two attached hydrogens (primary N) is 1. The molecule has 1 heterocycles. The molecule has 0 fully saturated rings. The number of amides is 1. The van der Waals surface area contributed by atoms with Gasteiger partial charge in [-0.2, -0.15) is 0 Å². The highest BCUT2D eigenvalue weighted by Crippen LogP contribution is 2.33. The first-order valence-corrected chi connectivity index (χ1v) is 6.82. The number of nitrogens with zero attached hydrogens (tertiary/aromatic N) is 1. The van der Waals surface area contributed by atoms with E-state index in [1.165, 1.54) is 5.56 Å². The van der Waals surface area contributed by atoms with E-state index in [1.807, 2.05) is 4.90 Å². The van der Waals surface area contributed by atoms with Gasteiger partial charge in [-0.05, 0) is 29.5 Å². The van der Waals surface area contributed by atoms with Crippen molar-refractivity contribution in [3.8, 4) is 0 Å². The first-order valence-electron chi connectivity index (χ1n) is 6.82. The second-order valence-corrected chi connectivity index (χ2v) is 6.01. The SMILES string of the molecule is CC(C)(C)c1ccc2c(c1)N(C(=O)CN)CCCN2. The number of benzene rings is 1. The average Bonchev–Trinajstić information content (AvgIpc) is 2.58. The molecule has 0 spiro atoms. The summed E-state index contributed by atoms with van der Waals surface area (Å²) in [4.78, 5) is 13.8. The number of hydrogen-bond acceptors (Lipinski definition) is 3. The standard InChI is InChI=1S/C15H23N3O/c1-15(2,3)11-5-6-12-13(9-11)18(14(19)10-16)8-4-7-17-12/h5-6,9,17H,4,7-8,10,16H2,1-3H3. The van der Waals surface area contributed by atoms with Gasteiger partial charge in [0.25, 0.3) is 0 Å². The topological polar surface area (TPSA) is 58.4 Å². The van der Waals surface area contributed by atoms with Crippen LogP contribution in [0.15, 0.2) is 18.2 Å². The molecule has 104 valence electrons. The number of fused-ring (bicyclic) bond motifs is 1. The second-order valence-electron chi connectivity index (χ2n) is 6.01. The van der Waals surface area contributed by atoms with Gasteiger partial charge in [-0.25, -0.2) is 0 Å². The summed E-state index contributed by atoms with van der Waals surface area (Å²) in [5, 5.41) is 3.38. The summed E-state index contributed by atoms with van der Waals surface area (Å²) in [6, 6.07) is 6.31. The molecule has 0 aliphatic carbocycles. The summed E-state index contributed by atoms with van der Waals surface area (Å²) >= 11 is 0. The molecule has 0 aromatic heterocycles. The molecule has 1 aromatic carbocycles. The fraction of sp³-hybridized carbons (Fsp3) is 0.533. The second kappa shape index (κ2) is 5.21. The van der Waals surface area contributed by atoms with E-state index in [9.17, 15) is 4.79 Å². The molecular formula is C15H23N3O. The van der Waals surface area contributed by atoms with Crippen LogP contribution < -0.4 is 16.0 Å². The molecule has 0 unspecified atom stereocenters. The van der Waals surface area contributed by atoms with Crippen molar-refractivity contribution in [2.24, 2.45) is 5.73 Å². The highest BCUT2D eigenvalue weighted by molar-refractivity contribution is 5.98. The molecule has 1 aromatic rings. The van der Waals surface area contributed by atoms with Crippen LogP contribution in [0.1, 0.15) is 32.8 Å². The predicted molar refractivity (Wildman–Crippen MR) is 79.7 cm³/mol. The minimum absolute atomic E-state index is 0.0176. The number of carbonyl (C=O) groups excluding carboxylic acids is 1. The summed E-state index contributed by atoms with van der Waals surface area (Å²) in [6.07, 6.45) is 0.936. The Morgan fingerprint density at radius 1 is 1.42 bits per heavy atom. The van der Waals surface area contributed by atoms with E-state index in [-0.39, 0.29) is 17.9 Å². The smallest absolute Gasteiger partial charge is 0.240 e. The van der Waals surface area contributed by atoms with Gasteiger partial charge in [0, 0.05) is 13.1 Å². The summed E-state index contributed by atoms with van der Waals surface area (Å²) in [5.41, 5.74) is 8.80. The Kier molecular flexibility index (Phi) is 3.80. The van der Waals surface area contributed by atoms with Gasteiger partial charge in [-0.1, -0.05) is 26.8 Å². The lowest BCUT2D eigenvalue weighted by Gasteiger charge is -2.26. The van der Waals surface area contributed by atoms with Crippen molar-refractivity contribution < 1.29 is 4.79 Å². The fourth-order valence-electron chi connectivity index (χ4n) is 2.32. The molecule has 19 heavy (non-hydrogen) atoms. The number of hydrogen-bond donors (Lipinski definition) is 2.